The van der Waals surface area contributed by atoms with E-state index in [4.69, 9.17) is 16.3 Å². The number of ether oxygens (including phenoxy) is 1. The Morgan fingerprint density at radius 1 is 1.44 bits per heavy atom. The molecule has 1 aliphatic rings. The van der Waals surface area contributed by atoms with Crippen LogP contribution < -0.4 is 5.32 Å². The lowest BCUT2D eigenvalue weighted by Gasteiger charge is -2.30. The molecule has 0 saturated carbocycles. The summed E-state index contributed by atoms with van der Waals surface area (Å²) >= 11 is 5.84. The molecule has 100 valence electrons. The Labute approximate surface area is 115 Å². The van der Waals surface area contributed by atoms with Crippen LogP contribution in [-0.4, -0.2) is 35.8 Å². The maximum atomic E-state index is 12.4. The fourth-order valence-electron chi connectivity index (χ4n) is 2.15. The van der Waals surface area contributed by atoms with Gasteiger partial charge in [-0.25, -0.2) is 0 Å². The van der Waals surface area contributed by atoms with Crippen molar-refractivity contribution in [2.45, 2.75) is 23.5 Å². The van der Waals surface area contributed by atoms with Crippen molar-refractivity contribution in [1.29, 1.82) is 0 Å². The number of rotatable bonds is 4. The van der Waals surface area contributed by atoms with Crippen LogP contribution in [0.2, 0.25) is 5.02 Å². The molecule has 3 nitrogen and oxygen atoms in total. The second-order valence-corrected chi connectivity index (χ2v) is 6.54. The molecule has 1 fully saturated rings. The summed E-state index contributed by atoms with van der Waals surface area (Å²) in [6.07, 6.45) is 0.924. The minimum atomic E-state index is -0.925. The third kappa shape index (κ3) is 3.54. The largest absolute Gasteiger partial charge is 0.380 e. The van der Waals surface area contributed by atoms with E-state index in [0.717, 1.165) is 18.6 Å². The normalized spacial score (nSPS) is 25.9. The topological polar surface area (TPSA) is 38.3 Å². The van der Waals surface area contributed by atoms with Crippen molar-refractivity contribution in [3.8, 4) is 0 Å². The standard InChI is InChI=1S/C13H18ClNO2S/c1-15-12-6-7-17-8-13(12)18(16)9-10-2-4-11(14)5-3-10/h2-5,12-13,15H,6-9H2,1H3. The van der Waals surface area contributed by atoms with Gasteiger partial charge >= 0.3 is 0 Å². The number of benzene rings is 1. The highest BCUT2D eigenvalue weighted by atomic mass is 35.5. The average molecular weight is 288 g/mol. The monoisotopic (exact) mass is 287 g/mol. The molecule has 2 rings (SSSR count). The molecule has 0 amide bonds. The van der Waals surface area contributed by atoms with Gasteiger partial charge in [-0.1, -0.05) is 23.7 Å². The molecule has 3 atom stereocenters. The van der Waals surface area contributed by atoms with Crippen LogP contribution >= 0.6 is 11.6 Å². The molecule has 1 aliphatic heterocycles. The molecule has 0 spiro atoms. The summed E-state index contributed by atoms with van der Waals surface area (Å²) in [4.78, 5) is 0. The third-order valence-electron chi connectivity index (χ3n) is 3.23. The van der Waals surface area contributed by atoms with Gasteiger partial charge in [0.1, 0.15) is 0 Å². The van der Waals surface area contributed by atoms with Gasteiger partial charge in [-0.15, -0.1) is 0 Å². The third-order valence-corrected chi connectivity index (χ3v) is 5.24. The first-order chi connectivity index (χ1) is 8.70. The van der Waals surface area contributed by atoms with Crippen LogP contribution in [0.5, 0.6) is 0 Å². The van der Waals surface area contributed by atoms with Crippen molar-refractivity contribution in [2.75, 3.05) is 20.3 Å². The van der Waals surface area contributed by atoms with E-state index in [2.05, 4.69) is 5.32 Å². The van der Waals surface area contributed by atoms with E-state index in [1.165, 1.54) is 0 Å². The highest BCUT2D eigenvalue weighted by Gasteiger charge is 2.29. The van der Waals surface area contributed by atoms with E-state index in [1.807, 2.05) is 31.3 Å². The predicted octanol–water partition coefficient (Wildman–Crippen LogP) is 1.97. The molecule has 0 radical (unpaired) electrons. The van der Waals surface area contributed by atoms with Crippen LogP contribution in [0.25, 0.3) is 0 Å². The Morgan fingerprint density at radius 3 is 2.83 bits per heavy atom. The molecule has 1 N–H and O–H groups in total. The lowest BCUT2D eigenvalue weighted by molar-refractivity contribution is 0.0838. The van der Waals surface area contributed by atoms with E-state index in [1.54, 1.807) is 0 Å². The molecular weight excluding hydrogens is 270 g/mol. The molecule has 0 bridgehead atoms. The first-order valence-electron chi connectivity index (χ1n) is 6.07. The molecular formula is C13H18ClNO2S. The fraction of sp³-hybridized carbons (Fsp3) is 0.538. The highest BCUT2D eigenvalue weighted by molar-refractivity contribution is 7.84. The zero-order valence-corrected chi connectivity index (χ0v) is 12.0. The van der Waals surface area contributed by atoms with Crippen molar-refractivity contribution >= 4 is 22.4 Å². The Morgan fingerprint density at radius 2 is 2.17 bits per heavy atom. The summed E-state index contributed by atoms with van der Waals surface area (Å²) < 4.78 is 17.8. The lowest BCUT2D eigenvalue weighted by atomic mass is 10.1. The Kier molecular flexibility index (Phi) is 5.18. The van der Waals surface area contributed by atoms with Crippen molar-refractivity contribution in [3.05, 3.63) is 34.9 Å². The van der Waals surface area contributed by atoms with Crippen molar-refractivity contribution in [1.82, 2.24) is 5.32 Å². The smallest absolute Gasteiger partial charge is 0.0738 e. The summed E-state index contributed by atoms with van der Waals surface area (Å²) in [5.41, 5.74) is 1.05. The van der Waals surface area contributed by atoms with Crippen LogP contribution in [0, 0.1) is 0 Å². The Bertz CT molecular complexity index is 410. The first kappa shape index (κ1) is 14.0. The lowest BCUT2D eigenvalue weighted by Crippen LogP contribution is -2.47. The maximum absolute atomic E-state index is 12.4. The summed E-state index contributed by atoms with van der Waals surface area (Å²) in [7, 11) is 0.995. The van der Waals surface area contributed by atoms with Crippen molar-refractivity contribution in [2.24, 2.45) is 0 Å². The summed E-state index contributed by atoms with van der Waals surface area (Å²) in [6, 6.07) is 7.81. The summed E-state index contributed by atoms with van der Waals surface area (Å²) in [5, 5.41) is 4.01. The zero-order valence-electron chi connectivity index (χ0n) is 10.4. The number of hydrogen-bond acceptors (Lipinski definition) is 3. The zero-order chi connectivity index (χ0) is 13.0. The minimum Gasteiger partial charge on any atom is -0.380 e. The van der Waals surface area contributed by atoms with Crippen molar-refractivity contribution in [3.63, 3.8) is 0 Å². The minimum absolute atomic E-state index is 0.0689. The summed E-state index contributed by atoms with van der Waals surface area (Å²) in [5.74, 6) is 0.559. The molecule has 0 aliphatic carbocycles. The molecule has 3 unspecified atom stereocenters. The van der Waals surface area contributed by atoms with Gasteiger partial charge in [0.05, 0.1) is 11.9 Å². The van der Waals surface area contributed by atoms with E-state index >= 15 is 0 Å². The highest BCUT2D eigenvalue weighted by Crippen LogP contribution is 2.18. The average Bonchev–Trinajstić information content (AvgIpc) is 2.41. The molecule has 1 heterocycles. The van der Waals surface area contributed by atoms with Crippen LogP contribution in [-0.2, 0) is 21.3 Å². The SMILES string of the molecule is CNC1CCOCC1S(=O)Cc1ccc(Cl)cc1. The van der Waals surface area contributed by atoms with E-state index in [9.17, 15) is 4.21 Å². The molecule has 1 aromatic carbocycles. The Hall–Kier alpha value is -0.420. The van der Waals surface area contributed by atoms with Gasteiger partial charge in [-0.2, -0.15) is 0 Å². The van der Waals surface area contributed by atoms with Crippen LogP contribution in [0.3, 0.4) is 0 Å². The second-order valence-electron chi connectivity index (χ2n) is 4.45. The fourth-order valence-corrected chi connectivity index (χ4v) is 3.90. The van der Waals surface area contributed by atoms with Crippen LogP contribution in [0.1, 0.15) is 12.0 Å². The summed E-state index contributed by atoms with van der Waals surface area (Å²) in [6.45, 7) is 1.33. The van der Waals surface area contributed by atoms with E-state index in [0.29, 0.717) is 17.4 Å². The van der Waals surface area contributed by atoms with Gasteiger partial charge in [0, 0.05) is 34.2 Å². The van der Waals surface area contributed by atoms with Gasteiger partial charge in [0.2, 0.25) is 0 Å². The van der Waals surface area contributed by atoms with Gasteiger partial charge < -0.3 is 10.1 Å². The van der Waals surface area contributed by atoms with Gasteiger partial charge in [0.25, 0.3) is 0 Å². The van der Waals surface area contributed by atoms with Crippen LogP contribution in [0.15, 0.2) is 24.3 Å². The molecule has 18 heavy (non-hydrogen) atoms. The van der Waals surface area contributed by atoms with Crippen LogP contribution in [0.4, 0.5) is 0 Å². The van der Waals surface area contributed by atoms with Crippen molar-refractivity contribution < 1.29 is 8.95 Å². The molecule has 0 aromatic heterocycles. The van der Waals surface area contributed by atoms with Gasteiger partial charge in [-0.05, 0) is 31.2 Å². The molecule has 1 aromatic rings. The van der Waals surface area contributed by atoms with E-state index < -0.39 is 10.8 Å². The predicted molar refractivity (Wildman–Crippen MR) is 75.4 cm³/mol. The second kappa shape index (κ2) is 6.66. The molecule has 1 saturated heterocycles. The molecule has 5 heteroatoms. The number of nitrogens with one attached hydrogen (secondary N) is 1. The van der Waals surface area contributed by atoms with E-state index in [-0.39, 0.29) is 11.3 Å². The number of halogens is 1. The number of hydrogen-bond donors (Lipinski definition) is 1. The van der Waals surface area contributed by atoms with Gasteiger partial charge in [0.15, 0.2) is 0 Å². The van der Waals surface area contributed by atoms with Gasteiger partial charge in [-0.3, -0.25) is 4.21 Å². The first-order valence-corrected chi connectivity index (χ1v) is 7.83. The quantitative estimate of drug-likeness (QED) is 0.920. The Balaban J connectivity index is 2.00. The maximum Gasteiger partial charge on any atom is 0.0738 e.